The average Bonchev–Trinajstić information content (AvgIpc) is 2.32. The molecule has 0 amide bonds. The van der Waals surface area contributed by atoms with Gasteiger partial charge in [-0.3, -0.25) is 0 Å². The van der Waals surface area contributed by atoms with Gasteiger partial charge in [-0.1, -0.05) is 25.1 Å². The molecule has 1 aromatic rings. The van der Waals surface area contributed by atoms with Crippen molar-refractivity contribution in [1.29, 1.82) is 0 Å². The lowest BCUT2D eigenvalue weighted by Gasteiger charge is -2.37. The van der Waals surface area contributed by atoms with E-state index in [0.717, 1.165) is 45.0 Å². The smallest absolute Gasteiger partial charge is 0.122 e. The third-order valence-corrected chi connectivity index (χ3v) is 3.10. The highest BCUT2D eigenvalue weighted by molar-refractivity contribution is 5.33. The van der Waals surface area contributed by atoms with Crippen LogP contribution in [-0.2, 0) is 11.2 Å². The fourth-order valence-electron chi connectivity index (χ4n) is 1.93. The molecular weight excluding hydrogens is 214 g/mol. The first kappa shape index (κ1) is 12.4. The van der Waals surface area contributed by atoms with E-state index in [2.05, 4.69) is 13.0 Å². The summed E-state index contributed by atoms with van der Waals surface area (Å²) in [4.78, 5) is 0. The van der Waals surface area contributed by atoms with Crippen LogP contribution in [0.15, 0.2) is 24.3 Å². The Hall–Kier alpha value is -1.06. The molecule has 1 aliphatic rings. The van der Waals surface area contributed by atoms with Crippen molar-refractivity contribution in [2.75, 3.05) is 26.4 Å². The minimum atomic E-state index is 0.195. The van der Waals surface area contributed by atoms with E-state index in [0.29, 0.717) is 0 Å². The zero-order valence-corrected chi connectivity index (χ0v) is 10.4. The highest BCUT2D eigenvalue weighted by atomic mass is 16.5. The normalized spacial score (nSPS) is 17.5. The monoisotopic (exact) mass is 235 g/mol. The molecule has 1 fully saturated rings. The van der Waals surface area contributed by atoms with Gasteiger partial charge in [0.05, 0.1) is 19.8 Å². The molecule has 1 saturated heterocycles. The first-order chi connectivity index (χ1) is 8.23. The van der Waals surface area contributed by atoms with Crippen LogP contribution in [0.5, 0.6) is 5.75 Å². The second-order valence-corrected chi connectivity index (χ2v) is 5.09. The summed E-state index contributed by atoms with van der Waals surface area (Å²) >= 11 is 0. The molecule has 1 heterocycles. The molecule has 0 atom stereocenters. The van der Waals surface area contributed by atoms with Crippen molar-refractivity contribution in [1.82, 2.24) is 0 Å². The lowest BCUT2D eigenvalue weighted by atomic mass is 9.90. The van der Waals surface area contributed by atoms with Crippen molar-refractivity contribution in [3.05, 3.63) is 29.8 Å². The first-order valence-electron chi connectivity index (χ1n) is 6.22. The third kappa shape index (κ3) is 3.20. The fourth-order valence-corrected chi connectivity index (χ4v) is 1.93. The topological polar surface area (TPSA) is 44.5 Å². The average molecular weight is 235 g/mol. The summed E-state index contributed by atoms with van der Waals surface area (Å²) in [6, 6.07) is 8.22. The van der Waals surface area contributed by atoms with Crippen LogP contribution < -0.4 is 10.5 Å². The molecule has 1 aromatic carbocycles. The lowest BCUT2D eigenvalue weighted by molar-refractivity contribution is -0.120. The number of hydrogen-bond acceptors (Lipinski definition) is 3. The number of para-hydroxylation sites is 1. The van der Waals surface area contributed by atoms with Gasteiger partial charge in [0.15, 0.2) is 0 Å². The van der Waals surface area contributed by atoms with E-state index < -0.39 is 0 Å². The summed E-state index contributed by atoms with van der Waals surface area (Å²) in [5, 5.41) is 0. The van der Waals surface area contributed by atoms with Crippen LogP contribution in [0.1, 0.15) is 18.9 Å². The zero-order valence-electron chi connectivity index (χ0n) is 10.4. The maximum absolute atomic E-state index is 5.92. The van der Waals surface area contributed by atoms with Gasteiger partial charge in [0, 0.05) is 5.41 Å². The second kappa shape index (κ2) is 5.52. The number of benzene rings is 1. The maximum atomic E-state index is 5.92. The minimum Gasteiger partial charge on any atom is -0.493 e. The van der Waals surface area contributed by atoms with E-state index in [-0.39, 0.29) is 5.41 Å². The Balaban J connectivity index is 1.94. The Bertz CT molecular complexity index is 361. The Morgan fingerprint density at radius 3 is 2.76 bits per heavy atom. The van der Waals surface area contributed by atoms with Crippen molar-refractivity contribution in [3.63, 3.8) is 0 Å². The summed E-state index contributed by atoms with van der Waals surface area (Å²) in [5.74, 6) is 0.995. The van der Waals surface area contributed by atoms with Crippen molar-refractivity contribution in [3.8, 4) is 5.75 Å². The first-order valence-corrected chi connectivity index (χ1v) is 6.22. The Morgan fingerprint density at radius 2 is 2.12 bits per heavy atom. The largest absolute Gasteiger partial charge is 0.493 e. The Labute approximate surface area is 103 Å². The van der Waals surface area contributed by atoms with E-state index in [9.17, 15) is 0 Å². The molecule has 2 N–H and O–H groups in total. The number of rotatable bonds is 6. The molecule has 0 aromatic heterocycles. The van der Waals surface area contributed by atoms with Gasteiger partial charge < -0.3 is 15.2 Å². The second-order valence-electron chi connectivity index (χ2n) is 5.09. The molecule has 2 rings (SSSR count). The van der Waals surface area contributed by atoms with Crippen LogP contribution in [0.2, 0.25) is 0 Å². The van der Waals surface area contributed by atoms with Crippen LogP contribution in [0.3, 0.4) is 0 Å². The summed E-state index contributed by atoms with van der Waals surface area (Å²) in [6.45, 7) is 5.25. The molecule has 94 valence electrons. The number of hydrogen-bond donors (Lipinski definition) is 1. The number of ether oxygens (including phenoxy) is 2. The minimum absolute atomic E-state index is 0.195. The van der Waals surface area contributed by atoms with Crippen LogP contribution in [0.4, 0.5) is 0 Å². The van der Waals surface area contributed by atoms with Gasteiger partial charge in [0.25, 0.3) is 0 Å². The van der Waals surface area contributed by atoms with E-state index in [4.69, 9.17) is 15.2 Å². The molecule has 3 nitrogen and oxygen atoms in total. The van der Waals surface area contributed by atoms with Crippen LogP contribution in [-0.4, -0.2) is 26.4 Å². The van der Waals surface area contributed by atoms with E-state index in [1.165, 1.54) is 5.56 Å². The van der Waals surface area contributed by atoms with Crippen molar-refractivity contribution >= 4 is 0 Å². The van der Waals surface area contributed by atoms with Crippen LogP contribution in [0, 0.1) is 5.41 Å². The summed E-state index contributed by atoms with van der Waals surface area (Å²) in [7, 11) is 0. The van der Waals surface area contributed by atoms with E-state index in [1.54, 1.807) is 0 Å². The summed E-state index contributed by atoms with van der Waals surface area (Å²) in [6.07, 6.45) is 1.99. The van der Waals surface area contributed by atoms with Crippen LogP contribution >= 0.6 is 0 Å². The van der Waals surface area contributed by atoms with Gasteiger partial charge in [-0.2, -0.15) is 0 Å². The molecule has 0 aliphatic carbocycles. The summed E-state index contributed by atoms with van der Waals surface area (Å²) in [5.41, 5.74) is 6.99. The van der Waals surface area contributed by atoms with E-state index >= 15 is 0 Å². The van der Waals surface area contributed by atoms with Gasteiger partial charge in [-0.15, -0.1) is 0 Å². The molecule has 0 bridgehead atoms. The van der Waals surface area contributed by atoms with Crippen LogP contribution in [0.25, 0.3) is 0 Å². The van der Waals surface area contributed by atoms with E-state index in [1.807, 2.05) is 18.2 Å². The Morgan fingerprint density at radius 1 is 1.35 bits per heavy atom. The number of aryl methyl sites for hydroxylation is 1. The standard InChI is InChI=1S/C14H21NO2/c1-14(9-16-10-14)11-17-13-7-3-2-5-12(13)6-4-8-15/h2-3,5,7H,4,6,8-11,15H2,1H3. The molecule has 0 radical (unpaired) electrons. The number of nitrogens with two attached hydrogens (primary N) is 1. The van der Waals surface area contributed by atoms with Gasteiger partial charge in [-0.05, 0) is 31.0 Å². The maximum Gasteiger partial charge on any atom is 0.122 e. The molecule has 0 saturated carbocycles. The van der Waals surface area contributed by atoms with Crippen molar-refractivity contribution < 1.29 is 9.47 Å². The van der Waals surface area contributed by atoms with Gasteiger partial charge in [-0.25, -0.2) is 0 Å². The molecule has 0 unspecified atom stereocenters. The van der Waals surface area contributed by atoms with Crippen molar-refractivity contribution in [2.24, 2.45) is 11.1 Å². The Kier molecular flexibility index (Phi) is 4.02. The highest BCUT2D eigenvalue weighted by Crippen LogP contribution is 2.28. The predicted molar refractivity (Wildman–Crippen MR) is 68.2 cm³/mol. The molecule has 3 heteroatoms. The fraction of sp³-hybridized carbons (Fsp3) is 0.571. The summed E-state index contributed by atoms with van der Waals surface area (Å²) < 4.78 is 11.1. The third-order valence-electron chi connectivity index (χ3n) is 3.10. The molecule has 0 spiro atoms. The quantitative estimate of drug-likeness (QED) is 0.820. The zero-order chi connectivity index (χ0) is 12.1. The lowest BCUT2D eigenvalue weighted by Crippen LogP contribution is -2.44. The van der Waals surface area contributed by atoms with Crippen molar-refractivity contribution in [2.45, 2.75) is 19.8 Å². The molecule has 1 aliphatic heterocycles. The highest BCUT2D eigenvalue weighted by Gasteiger charge is 2.34. The van der Waals surface area contributed by atoms with Gasteiger partial charge in [0.1, 0.15) is 5.75 Å². The van der Waals surface area contributed by atoms with Gasteiger partial charge >= 0.3 is 0 Å². The van der Waals surface area contributed by atoms with Gasteiger partial charge in [0.2, 0.25) is 0 Å². The predicted octanol–water partition coefficient (Wildman–Crippen LogP) is 1.99. The SMILES string of the molecule is CC1(COc2ccccc2CCCN)COC1. The molecular formula is C14H21NO2. The molecule has 17 heavy (non-hydrogen) atoms.